The summed E-state index contributed by atoms with van der Waals surface area (Å²) in [5.41, 5.74) is 5.19. The standard InChI is InChI=1S/C8H24B2N4O2/c1-15-10-14-7-6-13-5-4-12-3-2-9-16-8-11/h9-10,12-14H,2-8,11H2,1H3. The highest BCUT2D eigenvalue weighted by Crippen LogP contribution is 1.75. The third kappa shape index (κ3) is 13.9. The SMILES string of the molecule is COBNCCNCCNCCBOCN. The molecule has 0 bridgehead atoms. The van der Waals surface area contributed by atoms with Gasteiger partial charge in [-0.2, -0.15) is 0 Å². The predicted molar refractivity (Wildman–Crippen MR) is 70.0 cm³/mol. The summed E-state index contributed by atoms with van der Waals surface area (Å²) in [6, 6.07) is 0. The van der Waals surface area contributed by atoms with Gasteiger partial charge >= 0.3 is 7.62 Å². The van der Waals surface area contributed by atoms with Crippen molar-refractivity contribution in [2.75, 3.05) is 46.6 Å². The van der Waals surface area contributed by atoms with E-state index < -0.39 is 0 Å². The van der Waals surface area contributed by atoms with Crippen LogP contribution in [0.3, 0.4) is 0 Å². The third-order valence-corrected chi connectivity index (χ3v) is 1.96. The molecule has 8 heteroatoms. The molecule has 0 amide bonds. The summed E-state index contributed by atoms with van der Waals surface area (Å²) in [7, 11) is 3.03. The van der Waals surface area contributed by atoms with E-state index in [1.165, 1.54) is 0 Å². The molecule has 0 unspecified atom stereocenters. The summed E-state index contributed by atoms with van der Waals surface area (Å²) in [4.78, 5) is 0. The van der Waals surface area contributed by atoms with Crippen LogP contribution in [0.4, 0.5) is 0 Å². The Bertz CT molecular complexity index is 121. The topological polar surface area (TPSA) is 80.6 Å². The molecule has 0 radical (unpaired) electrons. The van der Waals surface area contributed by atoms with E-state index in [9.17, 15) is 0 Å². The van der Waals surface area contributed by atoms with Crippen molar-refractivity contribution in [3.63, 3.8) is 0 Å². The molecule has 0 saturated carbocycles. The van der Waals surface area contributed by atoms with Crippen LogP contribution in [0.15, 0.2) is 0 Å². The number of rotatable bonds is 13. The van der Waals surface area contributed by atoms with Crippen LogP contribution in [-0.2, 0) is 9.31 Å². The van der Waals surface area contributed by atoms with Crippen LogP contribution >= 0.6 is 0 Å². The molecule has 5 N–H and O–H groups in total. The normalized spacial score (nSPS) is 10.4. The van der Waals surface area contributed by atoms with Gasteiger partial charge in [0.15, 0.2) is 0 Å². The first kappa shape index (κ1) is 15.9. The highest BCUT2D eigenvalue weighted by molar-refractivity contribution is 6.27. The Morgan fingerprint density at radius 3 is 2.44 bits per heavy atom. The second-order valence-corrected chi connectivity index (χ2v) is 3.36. The summed E-state index contributed by atoms with van der Waals surface area (Å²) in [6.07, 6.45) is 1.01. The lowest BCUT2D eigenvalue weighted by Gasteiger charge is -2.06. The monoisotopic (exact) mass is 230 g/mol. The minimum absolute atomic E-state index is 0.316. The van der Waals surface area contributed by atoms with E-state index in [-0.39, 0.29) is 0 Å². The largest absolute Gasteiger partial charge is 0.428 e. The van der Waals surface area contributed by atoms with Gasteiger partial charge in [0.1, 0.15) is 0 Å². The highest BCUT2D eigenvalue weighted by Gasteiger charge is 1.91. The van der Waals surface area contributed by atoms with Gasteiger partial charge in [-0.05, 0) is 19.4 Å². The number of hydrogen-bond donors (Lipinski definition) is 4. The molecule has 0 fully saturated rings. The van der Waals surface area contributed by atoms with Gasteiger partial charge in [0.25, 0.3) is 7.48 Å². The second kappa shape index (κ2) is 14.9. The number of nitrogens with two attached hydrogens (primary N) is 1. The van der Waals surface area contributed by atoms with E-state index in [2.05, 4.69) is 15.9 Å². The molecule has 0 aromatic carbocycles. The summed E-state index contributed by atoms with van der Waals surface area (Å²) in [6.45, 7) is 5.14. The van der Waals surface area contributed by atoms with Crippen LogP contribution < -0.4 is 21.6 Å². The van der Waals surface area contributed by atoms with Gasteiger partial charge in [-0.3, -0.25) is 0 Å². The fourth-order valence-corrected chi connectivity index (χ4v) is 1.16. The van der Waals surface area contributed by atoms with Crippen LogP contribution in [0.1, 0.15) is 0 Å². The lowest BCUT2D eigenvalue weighted by atomic mass is 9.96. The molecule has 0 aromatic heterocycles. The van der Waals surface area contributed by atoms with E-state index >= 15 is 0 Å². The minimum atomic E-state index is 0.316. The van der Waals surface area contributed by atoms with E-state index in [4.69, 9.17) is 15.0 Å². The van der Waals surface area contributed by atoms with Crippen molar-refractivity contribution in [3.8, 4) is 0 Å². The minimum Gasteiger partial charge on any atom is -0.428 e. The van der Waals surface area contributed by atoms with Gasteiger partial charge in [-0.1, -0.05) is 0 Å². The second-order valence-electron chi connectivity index (χ2n) is 3.36. The molecule has 0 aliphatic carbocycles. The molecule has 0 atom stereocenters. The summed E-state index contributed by atoms with van der Waals surface area (Å²) in [5.74, 6) is 0. The quantitative estimate of drug-likeness (QED) is 0.157. The van der Waals surface area contributed by atoms with Crippen LogP contribution in [0, 0.1) is 0 Å². The Hall–Kier alpha value is -0.110. The van der Waals surface area contributed by atoms with Crippen molar-refractivity contribution in [3.05, 3.63) is 0 Å². The summed E-state index contributed by atoms with van der Waals surface area (Å²) >= 11 is 0. The molecule has 6 nitrogen and oxygen atoms in total. The van der Waals surface area contributed by atoms with E-state index in [0.717, 1.165) is 46.5 Å². The first-order chi connectivity index (χ1) is 7.91. The van der Waals surface area contributed by atoms with Crippen LogP contribution in [-0.4, -0.2) is 61.7 Å². The van der Waals surface area contributed by atoms with Crippen molar-refractivity contribution in [2.45, 2.75) is 6.32 Å². The predicted octanol–water partition coefficient (Wildman–Crippen LogP) is -2.63. The highest BCUT2D eigenvalue weighted by atomic mass is 16.4. The molecule has 0 aliphatic heterocycles. The Morgan fingerprint density at radius 1 is 1.06 bits per heavy atom. The van der Waals surface area contributed by atoms with Gasteiger partial charge in [-0.25, -0.2) is 0 Å². The van der Waals surface area contributed by atoms with E-state index in [1.54, 1.807) is 7.11 Å². The van der Waals surface area contributed by atoms with Crippen LogP contribution in [0.25, 0.3) is 0 Å². The van der Waals surface area contributed by atoms with Gasteiger partial charge in [0, 0.05) is 26.7 Å². The molecule has 0 spiro atoms. The first-order valence-corrected chi connectivity index (χ1v) is 5.80. The third-order valence-electron chi connectivity index (χ3n) is 1.96. The maximum atomic E-state index is 5.19. The molecule has 0 saturated heterocycles. The summed E-state index contributed by atoms with van der Waals surface area (Å²) in [5, 5.41) is 9.76. The van der Waals surface area contributed by atoms with Gasteiger partial charge in [0.05, 0.1) is 6.73 Å². The fourth-order valence-electron chi connectivity index (χ4n) is 1.16. The number of nitrogens with one attached hydrogen (secondary N) is 3. The maximum Gasteiger partial charge on any atom is 0.360 e. The molecular weight excluding hydrogens is 206 g/mol. The van der Waals surface area contributed by atoms with Crippen LogP contribution in [0.2, 0.25) is 6.32 Å². The molecule has 0 aliphatic rings. The molecular formula is C8H24B2N4O2. The zero-order valence-electron chi connectivity index (χ0n) is 10.3. The smallest absolute Gasteiger partial charge is 0.360 e. The molecule has 0 heterocycles. The van der Waals surface area contributed by atoms with Gasteiger partial charge in [-0.15, -0.1) is 0 Å². The Balaban J connectivity index is 2.83. The molecule has 0 aromatic rings. The molecule has 94 valence electrons. The number of hydrogen-bond acceptors (Lipinski definition) is 6. The van der Waals surface area contributed by atoms with Gasteiger partial charge in [0.2, 0.25) is 0 Å². The average Bonchev–Trinajstić information content (AvgIpc) is 2.31. The molecule has 0 rings (SSSR count). The lowest BCUT2D eigenvalue weighted by Crippen LogP contribution is -2.34. The van der Waals surface area contributed by atoms with Crippen molar-refractivity contribution >= 4 is 15.1 Å². The van der Waals surface area contributed by atoms with Gasteiger partial charge < -0.3 is 30.9 Å². The maximum absolute atomic E-state index is 5.19. The Morgan fingerprint density at radius 2 is 1.75 bits per heavy atom. The zero-order valence-corrected chi connectivity index (χ0v) is 10.3. The fraction of sp³-hybridized carbons (Fsp3) is 1.00. The Kier molecular flexibility index (Phi) is 14.8. The molecule has 16 heavy (non-hydrogen) atoms. The van der Waals surface area contributed by atoms with E-state index in [1.807, 2.05) is 0 Å². The van der Waals surface area contributed by atoms with E-state index in [0.29, 0.717) is 14.3 Å². The average molecular weight is 230 g/mol. The van der Waals surface area contributed by atoms with Crippen molar-refractivity contribution in [2.24, 2.45) is 5.73 Å². The summed E-state index contributed by atoms with van der Waals surface area (Å²) < 4.78 is 9.88. The first-order valence-electron chi connectivity index (χ1n) is 5.80. The zero-order chi connectivity index (χ0) is 11.9. The van der Waals surface area contributed by atoms with Crippen molar-refractivity contribution in [1.82, 2.24) is 15.9 Å². The van der Waals surface area contributed by atoms with Crippen LogP contribution in [0.5, 0.6) is 0 Å². The van der Waals surface area contributed by atoms with Crippen molar-refractivity contribution in [1.29, 1.82) is 0 Å². The van der Waals surface area contributed by atoms with Crippen molar-refractivity contribution < 1.29 is 9.31 Å². The Labute approximate surface area is 99.6 Å². The lowest BCUT2D eigenvalue weighted by molar-refractivity contribution is 0.348.